The van der Waals surface area contributed by atoms with Crippen LogP contribution in [0.15, 0.2) is 48.5 Å². The molecular formula is C26H32N4O4. The highest BCUT2D eigenvalue weighted by atomic mass is 16.2. The van der Waals surface area contributed by atoms with Gasteiger partial charge in [-0.2, -0.15) is 0 Å². The van der Waals surface area contributed by atoms with Gasteiger partial charge in [-0.15, -0.1) is 0 Å². The van der Waals surface area contributed by atoms with E-state index in [1.54, 1.807) is 53.4 Å². The third-order valence-electron chi connectivity index (χ3n) is 5.74. The lowest BCUT2D eigenvalue weighted by Crippen LogP contribution is -2.29. The molecule has 4 amide bonds. The zero-order valence-corrected chi connectivity index (χ0v) is 19.7. The number of carbonyl (C=O) groups excluding carboxylic acids is 4. The fraction of sp³-hybridized carbons (Fsp3) is 0.385. The van der Waals surface area contributed by atoms with Crippen LogP contribution in [-0.2, 0) is 9.59 Å². The summed E-state index contributed by atoms with van der Waals surface area (Å²) in [6, 6.07) is 13.4. The number of carbonyl (C=O) groups is 4. The molecule has 2 aromatic rings. The van der Waals surface area contributed by atoms with Crippen LogP contribution in [0.3, 0.4) is 0 Å². The third kappa shape index (κ3) is 6.43. The molecule has 1 heterocycles. The fourth-order valence-electron chi connectivity index (χ4n) is 3.78. The Kier molecular flexibility index (Phi) is 8.79. The average molecular weight is 465 g/mol. The van der Waals surface area contributed by atoms with Crippen molar-refractivity contribution in [1.29, 1.82) is 0 Å². The quantitative estimate of drug-likeness (QED) is 0.499. The molecular weight excluding hydrogens is 432 g/mol. The van der Waals surface area contributed by atoms with Gasteiger partial charge >= 0.3 is 0 Å². The van der Waals surface area contributed by atoms with Crippen LogP contribution >= 0.6 is 0 Å². The van der Waals surface area contributed by atoms with Gasteiger partial charge in [0.2, 0.25) is 11.8 Å². The smallest absolute Gasteiger partial charge is 0.255 e. The Bertz CT molecular complexity index is 1040. The molecule has 1 aliphatic rings. The number of hydrogen-bond donors (Lipinski definition) is 3. The zero-order valence-electron chi connectivity index (χ0n) is 19.7. The topological polar surface area (TPSA) is 108 Å². The lowest BCUT2D eigenvalue weighted by molar-refractivity contribution is -0.128. The Labute approximate surface area is 200 Å². The number of likely N-dealkylation sites (tertiary alicyclic amines) is 1. The highest BCUT2D eigenvalue weighted by Crippen LogP contribution is 2.21. The van der Waals surface area contributed by atoms with Crippen molar-refractivity contribution in [3.05, 3.63) is 59.7 Å². The predicted molar refractivity (Wildman–Crippen MR) is 132 cm³/mol. The Morgan fingerprint density at radius 2 is 1.68 bits per heavy atom. The first-order chi connectivity index (χ1) is 16.4. The Hall–Kier alpha value is -3.68. The van der Waals surface area contributed by atoms with E-state index >= 15 is 0 Å². The van der Waals surface area contributed by atoms with E-state index < -0.39 is 0 Å². The number of hydrogen-bond acceptors (Lipinski definition) is 4. The molecule has 8 nitrogen and oxygen atoms in total. The fourth-order valence-corrected chi connectivity index (χ4v) is 3.78. The molecule has 1 fully saturated rings. The van der Waals surface area contributed by atoms with Crippen molar-refractivity contribution in [3.8, 4) is 0 Å². The van der Waals surface area contributed by atoms with Crippen LogP contribution in [0.1, 0.15) is 60.2 Å². The summed E-state index contributed by atoms with van der Waals surface area (Å²) in [6.07, 6.45) is 2.97. The molecule has 1 unspecified atom stereocenters. The van der Waals surface area contributed by atoms with E-state index in [9.17, 15) is 19.2 Å². The number of para-hydroxylation sites is 1. The van der Waals surface area contributed by atoms with Crippen LogP contribution in [-0.4, -0.2) is 48.2 Å². The van der Waals surface area contributed by atoms with Crippen LogP contribution in [0.5, 0.6) is 0 Å². The largest absolute Gasteiger partial charge is 0.352 e. The normalized spacial score (nSPS) is 15.2. The van der Waals surface area contributed by atoms with Crippen LogP contribution in [0.4, 0.5) is 11.4 Å². The van der Waals surface area contributed by atoms with E-state index in [1.165, 1.54) is 0 Å². The molecule has 3 N–H and O–H groups in total. The molecule has 0 radical (unpaired) electrons. The first-order valence-electron chi connectivity index (χ1n) is 11.8. The average Bonchev–Trinajstić information content (AvgIpc) is 3.22. The summed E-state index contributed by atoms with van der Waals surface area (Å²) < 4.78 is 0. The number of rotatable bonds is 10. The minimum absolute atomic E-state index is 0.0178. The van der Waals surface area contributed by atoms with Gasteiger partial charge in [-0.1, -0.05) is 32.4 Å². The summed E-state index contributed by atoms with van der Waals surface area (Å²) >= 11 is 0. The lowest BCUT2D eigenvalue weighted by Gasteiger charge is -2.16. The van der Waals surface area contributed by atoms with Gasteiger partial charge in [0.1, 0.15) is 0 Å². The van der Waals surface area contributed by atoms with Gasteiger partial charge in [-0.25, -0.2) is 0 Å². The van der Waals surface area contributed by atoms with Crippen LogP contribution in [0, 0.1) is 5.92 Å². The molecule has 8 heteroatoms. The van der Waals surface area contributed by atoms with Crippen LogP contribution < -0.4 is 16.0 Å². The van der Waals surface area contributed by atoms with E-state index in [2.05, 4.69) is 22.9 Å². The molecule has 1 atom stereocenters. The number of nitrogens with zero attached hydrogens (tertiary/aromatic N) is 1. The molecule has 3 rings (SSSR count). The van der Waals surface area contributed by atoms with Crippen LogP contribution in [0.25, 0.3) is 0 Å². The van der Waals surface area contributed by atoms with E-state index in [-0.39, 0.29) is 36.0 Å². The summed E-state index contributed by atoms with van der Waals surface area (Å²) in [5.74, 6) is -1.15. The van der Waals surface area contributed by atoms with Crippen molar-refractivity contribution in [1.82, 2.24) is 10.2 Å². The van der Waals surface area contributed by atoms with Gasteiger partial charge in [0, 0.05) is 37.3 Å². The van der Waals surface area contributed by atoms with Gasteiger partial charge in [-0.05, 0) is 49.2 Å². The summed E-state index contributed by atoms with van der Waals surface area (Å²) in [4.78, 5) is 51.6. The minimum atomic E-state index is -0.373. The van der Waals surface area contributed by atoms with Crippen LogP contribution in [0.2, 0.25) is 0 Å². The second-order valence-corrected chi connectivity index (χ2v) is 8.42. The summed E-state index contributed by atoms with van der Waals surface area (Å²) in [5.41, 5.74) is 1.77. The van der Waals surface area contributed by atoms with Crippen molar-refractivity contribution in [3.63, 3.8) is 0 Å². The molecule has 1 aliphatic heterocycles. The van der Waals surface area contributed by atoms with Crippen molar-refractivity contribution in [2.75, 3.05) is 30.3 Å². The zero-order chi connectivity index (χ0) is 24.5. The molecule has 180 valence electrons. The van der Waals surface area contributed by atoms with E-state index in [0.29, 0.717) is 42.1 Å². The first-order valence-corrected chi connectivity index (χ1v) is 11.8. The summed E-state index contributed by atoms with van der Waals surface area (Å²) in [6.45, 7) is 5.72. The number of amides is 4. The van der Waals surface area contributed by atoms with Gasteiger partial charge in [-0.3, -0.25) is 19.2 Å². The molecule has 1 saturated heterocycles. The van der Waals surface area contributed by atoms with Gasteiger partial charge in [0.05, 0.1) is 17.2 Å². The SMILES string of the molecule is CCCCN1CC(C(=O)Nc2ccc(C(=O)Nc3ccccc3C(=O)NCCC)cc2)CC1=O. The first kappa shape index (κ1) is 25.0. The Morgan fingerprint density at radius 1 is 0.941 bits per heavy atom. The molecule has 0 saturated carbocycles. The number of nitrogens with one attached hydrogen (secondary N) is 3. The van der Waals surface area contributed by atoms with E-state index in [4.69, 9.17) is 0 Å². The molecule has 0 aromatic heterocycles. The predicted octanol–water partition coefficient (Wildman–Crippen LogP) is 3.67. The standard InChI is InChI=1S/C26H32N4O4/c1-3-5-15-30-17-19(16-23(30)31)25(33)28-20-12-10-18(11-13-20)24(32)29-22-9-7-6-8-21(22)26(34)27-14-4-2/h6-13,19H,3-5,14-17H2,1-2H3,(H,27,34)(H,28,33)(H,29,32). The van der Waals surface area contributed by atoms with Crippen molar-refractivity contribution in [2.45, 2.75) is 39.5 Å². The van der Waals surface area contributed by atoms with Gasteiger partial charge < -0.3 is 20.9 Å². The number of anilines is 2. The highest BCUT2D eigenvalue weighted by molar-refractivity contribution is 6.09. The van der Waals surface area contributed by atoms with Crippen molar-refractivity contribution < 1.29 is 19.2 Å². The highest BCUT2D eigenvalue weighted by Gasteiger charge is 2.33. The second-order valence-electron chi connectivity index (χ2n) is 8.42. The lowest BCUT2D eigenvalue weighted by atomic mass is 10.1. The summed E-state index contributed by atoms with van der Waals surface area (Å²) in [7, 11) is 0. The van der Waals surface area contributed by atoms with Crippen molar-refractivity contribution in [2.24, 2.45) is 5.92 Å². The maximum absolute atomic E-state index is 12.7. The Balaban J connectivity index is 1.59. The van der Waals surface area contributed by atoms with Gasteiger partial charge in [0.25, 0.3) is 11.8 Å². The number of benzene rings is 2. The molecule has 34 heavy (non-hydrogen) atoms. The maximum atomic E-state index is 12.7. The van der Waals surface area contributed by atoms with E-state index in [0.717, 1.165) is 19.3 Å². The Morgan fingerprint density at radius 3 is 2.38 bits per heavy atom. The molecule has 0 aliphatic carbocycles. The molecule has 0 bridgehead atoms. The third-order valence-corrected chi connectivity index (χ3v) is 5.74. The summed E-state index contributed by atoms with van der Waals surface area (Å²) in [5, 5.41) is 8.44. The molecule has 0 spiro atoms. The van der Waals surface area contributed by atoms with Gasteiger partial charge in [0.15, 0.2) is 0 Å². The van der Waals surface area contributed by atoms with E-state index in [1.807, 2.05) is 6.92 Å². The molecule has 2 aromatic carbocycles. The number of unbranched alkanes of at least 4 members (excludes halogenated alkanes) is 1. The monoisotopic (exact) mass is 464 g/mol. The second kappa shape index (κ2) is 12.0. The maximum Gasteiger partial charge on any atom is 0.255 e. The minimum Gasteiger partial charge on any atom is -0.352 e. The van der Waals surface area contributed by atoms with Crippen molar-refractivity contribution >= 4 is 35.0 Å².